The third-order valence-electron chi connectivity index (χ3n) is 3.13. The molecule has 1 heterocycles. The van der Waals surface area contributed by atoms with Crippen LogP contribution in [0.3, 0.4) is 0 Å². The highest BCUT2D eigenvalue weighted by atomic mass is 32.2. The molecule has 0 aromatic carbocycles. The van der Waals surface area contributed by atoms with Gasteiger partial charge in [0.05, 0.1) is 4.90 Å². The van der Waals surface area contributed by atoms with E-state index < -0.39 is 28.4 Å². The molecule has 1 aliphatic rings. The monoisotopic (exact) mass is 279 g/mol. The summed E-state index contributed by atoms with van der Waals surface area (Å²) in [4.78, 5) is 1.96. The van der Waals surface area contributed by atoms with Gasteiger partial charge < -0.3 is 0 Å². The molecule has 0 aliphatic heterocycles. The lowest BCUT2D eigenvalue weighted by molar-refractivity contribution is 0.378. The molecule has 6 heteroatoms. The highest BCUT2D eigenvalue weighted by molar-refractivity contribution is 8.00. The van der Waals surface area contributed by atoms with Crippen molar-refractivity contribution in [2.24, 2.45) is 5.92 Å². The number of hydrogen-bond donors (Lipinski definition) is 0. The van der Waals surface area contributed by atoms with Gasteiger partial charge in [-0.25, -0.2) is 8.78 Å². The van der Waals surface area contributed by atoms with E-state index in [0.717, 1.165) is 37.4 Å². The second-order valence-corrected chi connectivity index (χ2v) is 5.97. The minimum Gasteiger partial charge on any atom is -0.201 e. The number of aromatic nitrogens is 1. The maximum atomic E-state index is 13.4. The van der Waals surface area contributed by atoms with Crippen molar-refractivity contribution in [3.8, 4) is 0 Å². The Morgan fingerprint density at radius 1 is 1.06 bits per heavy atom. The predicted molar refractivity (Wildman–Crippen MR) is 61.3 cm³/mol. The smallest absolute Gasteiger partial charge is 0.201 e. The topological polar surface area (TPSA) is 12.9 Å². The molecule has 2 rings (SSSR count). The quantitative estimate of drug-likeness (QED) is 0.591. The highest BCUT2D eigenvalue weighted by Gasteiger charge is 2.26. The van der Waals surface area contributed by atoms with Gasteiger partial charge in [-0.1, -0.05) is 19.8 Å². The predicted octanol–water partition coefficient (Wildman–Crippen LogP) is 4.31. The van der Waals surface area contributed by atoms with Gasteiger partial charge in [0.25, 0.3) is 11.9 Å². The zero-order chi connectivity index (χ0) is 13.3. The van der Waals surface area contributed by atoms with Gasteiger partial charge in [-0.15, -0.1) is 11.8 Å². The van der Waals surface area contributed by atoms with Gasteiger partial charge in [0.1, 0.15) is 0 Å². The van der Waals surface area contributed by atoms with Crippen molar-refractivity contribution in [1.82, 2.24) is 4.98 Å². The van der Waals surface area contributed by atoms with Crippen LogP contribution in [0.4, 0.5) is 17.6 Å². The van der Waals surface area contributed by atoms with Crippen molar-refractivity contribution in [1.29, 1.82) is 0 Å². The van der Waals surface area contributed by atoms with E-state index in [2.05, 4.69) is 11.9 Å². The number of hydrogen-bond acceptors (Lipinski definition) is 2. The fraction of sp³-hybridized carbons (Fsp3) is 0.583. The first-order chi connectivity index (χ1) is 8.49. The largest absolute Gasteiger partial charge is 0.252 e. The van der Waals surface area contributed by atoms with Crippen molar-refractivity contribution >= 4 is 11.8 Å². The Kier molecular flexibility index (Phi) is 4.14. The maximum Gasteiger partial charge on any atom is 0.252 e. The van der Waals surface area contributed by atoms with Crippen LogP contribution in [0.1, 0.15) is 32.6 Å². The first-order valence-corrected chi connectivity index (χ1v) is 6.73. The summed E-state index contributed by atoms with van der Waals surface area (Å²) in [5, 5.41) is -0.000972. The second kappa shape index (κ2) is 5.47. The van der Waals surface area contributed by atoms with Crippen LogP contribution >= 0.6 is 11.8 Å². The molecule has 0 saturated heterocycles. The van der Waals surface area contributed by atoms with Crippen LogP contribution < -0.4 is 0 Å². The van der Waals surface area contributed by atoms with Gasteiger partial charge in [0.15, 0.2) is 11.6 Å². The van der Waals surface area contributed by atoms with Gasteiger partial charge >= 0.3 is 0 Å². The standard InChI is InChI=1S/C12H13F4NS/c1-6-3-2-4-7(5-6)18-10-8(13)11(15)17-12(16)9(10)14/h6-7H,2-5H2,1H3. The molecule has 1 nitrogen and oxygen atoms in total. The highest BCUT2D eigenvalue weighted by Crippen LogP contribution is 2.38. The molecular weight excluding hydrogens is 266 g/mol. The van der Waals surface area contributed by atoms with E-state index in [-0.39, 0.29) is 5.25 Å². The number of pyridine rings is 1. The Balaban J connectivity index is 2.23. The van der Waals surface area contributed by atoms with Crippen LogP contribution in [0, 0.1) is 29.4 Å². The molecule has 1 aliphatic carbocycles. The Bertz CT molecular complexity index is 426. The molecule has 1 aromatic rings. The molecule has 18 heavy (non-hydrogen) atoms. The zero-order valence-electron chi connectivity index (χ0n) is 9.85. The first kappa shape index (κ1) is 13.6. The van der Waals surface area contributed by atoms with Gasteiger partial charge in [-0.3, -0.25) is 0 Å². The molecule has 0 amide bonds. The molecule has 1 saturated carbocycles. The van der Waals surface area contributed by atoms with E-state index in [4.69, 9.17) is 0 Å². The molecule has 0 N–H and O–H groups in total. The van der Waals surface area contributed by atoms with Crippen LogP contribution in [0.25, 0.3) is 0 Å². The summed E-state index contributed by atoms with van der Waals surface area (Å²) in [6.45, 7) is 2.06. The molecular formula is C12H13F4NS. The van der Waals surface area contributed by atoms with E-state index in [0.29, 0.717) is 5.92 Å². The summed E-state index contributed by atoms with van der Waals surface area (Å²) in [5.74, 6) is -5.48. The molecule has 2 atom stereocenters. The third-order valence-corrected chi connectivity index (χ3v) is 4.49. The summed E-state index contributed by atoms with van der Waals surface area (Å²) < 4.78 is 52.7. The zero-order valence-corrected chi connectivity index (χ0v) is 10.7. The Morgan fingerprint density at radius 3 is 2.22 bits per heavy atom. The minimum atomic E-state index is -1.58. The van der Waals surface area contributed by atoms with E-state index in [1.807, 2.05) is 0 Å². The lowest BCUT2D eigenvalue weighted by atomic mass is 9.91. The molecule has 0 bridgehead atoms. The number of rotatable bonds is 2. The number of thioether (sulfide) groups is 1. The van der Waals surface area contributed by atoms with E-state index in [1.165, 1.54) is 0 Å². The van der Waals surface area contributed by atoms with Crippen molar-refractivity contribution in [2.75, 3.05) is 0 Å². The minimum absolute atomic E-state index is 0.000972. The normalized spacial score (nSPS) is 24.3. The van der Waals surface area contributed by atoms with Gasteiger partial charge in [0.2, 0.25) is 0 Å². The van der Waals surface area contributed by atoms with Crippen molar-refractivity contribution in [3.63, 3.8) is 0 Å². The fourth-order valence-corrected chi connectivity index (χ4v) is 3.64. The van der Waals surface area contributed by atoms with Crippen molar-refractivity contribution in [3.05, 3.63) is 23.5 Å². The fourth-order valence-electron chi connectivity index (χ4n) is 2.22. The average Bonchev–Trinajstić information content (AvgIpc) is 2.32. The van der Waals surface area contributed by atoms with Crippen molar-refractivity contribution in [2.45, 2.75) is 42.8 Å². The Labute approximate surface area is 107 Å². The summed E-state index contributed by atoms with van der Waals surface area (Å²) in [7, 11) is 0. The average molecular weight is 279 g/mol. The summed E-state index contributed by atoms with van der Waals surface area (Å²) in [5.41, 5.74) is 0. The summed E-state index contributed by atoms with van der Waals surface area (Å²) in [6, 6.07) is 0. The van der Waals surface area contributed by atoms with E-state index >= 15 is 0 Å². The van der Waals surface area contributed by atoms with Crippen LogP contribution in [0.2, 0.25) is 0 Å². The molecule has 0 spiro atoms. The SMILES string of the molecule is CC1CCCC(Sc2c(F)c(F)nc(F)c2F)C1. The lowest BCUT2D eigenvalue weighted by Gasteiger charge is -2.26. The second-order valence-electron chi connectivity index (χ2n) is 4.66. The van der Waals surface area contributed by atoms with Crippen molar-refractivity contribution < 1.29 is 17.6 Å². The summed E-state index contributed by atoms with van der Waals surface area (Å²) >= 11 is 0.880. The van der Waals surface area contributed by atoms with Gasteiger partial charge in [0, 0.05) is 5.25 Å². The Hall–Kier alpha value is -0.780. The molecule has 1 fully saturated rings. The number of nitrogens with zero attached hydrogens (tertiary/aromatic N) is 1. The van der Waals surface area contributed by atoms with Crippen LogP contribution in [-0.2, 0) is 0 Å². The first-order valence-electron chi connectivity index (χ1n) is 5.85. The molecule has 100 valence electrons. The molecule has 0 radical (unpaired) electrons. The van der Waals surface area contributed by atoms with Crippen LogP contribution in [0.15, 0.2) is 4.90 Å². The third kappa shape index (κ3) is 2.79. The molecule has 1 aromatic heterocycles. The van der Waals surface area contributed by atoms with Crippen LogP contribution in [0.5, 0.6) is 0 Å². The summed E-state index contributed by atoms with van der Waals surface area (Å²) in [6.07, 6.45) is 3.66. The lowest BCUT2D eigenvalue weighted by Crippen LogP contribution is -2.16. The number of halogens is 4. The van der Waals surface area contributed by atoms with E-state index in [1.54, 1.807) is 0 Å². The molecule has 2 unspecified atom stereocenters. The van der Waals surface area contributed by atoms with Crippen LogP contribution in [-0.4, -0.2) is 10.2 Å². The van der Waals surface area contributed by atoms with Gasteiger partial charge in [-0.05, 0) is 18.8 Å². The maximum absolute atomic E-state index is 13.4. The Morgan fingerprint density at radius 2 is 1.67 bits per heavy atom. The van der Waals surface area contributed by atoms with Gasteiger partial charge in [-0.2, -0.15) is 13.8 Å². The van der Waals surface area contributed by atoms with E-state index in [9.17, 15) is 17.6 Å².